The Morgan fingerprint density at radius 3 is 3.04 bits per heavy atom. The lowest BCUT2D eigenvalue weighted by Crippen LogP contribution is -2.42. The summed E-state index contributed by atoms with van der Waals surface area (Å²) in [4.78, 5) is 6.85. The average molecular weight is 313 g/mol. The Morgan fingerprint density at radius 1 is 1.39 bits per heavy atom. The van der Waals surface area contributed by atoms with Crippen LogP contribution in [0.3, 0.4) is 0 Å². The van der Waals surface area contributed by atoms with Crippen LogP contribution in [-0.4, -0.2) is 52.4 Å². The first-order valence-electron chi connectivity index (χ1n) is 8.23. The summed E-state index contributed by atoms with van der Waals surface area (Å²) < 4.78 is 8.02. The number of imidazole rings is 1. The molecule has 0 unspecified atom stereocenters. The molecule has 0 saturated carbocycles. The van der Waals surface area contributed by atoms with Crippen LogP contribution in [-0.2, 0) is 13.5 Å². The molecule has 0 bridgehead atoms. The largest absolute Gasteiger partial charge is 0.493 e. The minimum Gasteiger partial charge on any atom is -0.493 e. The highest BCUT2D eigenvalue weighted by Crippen LogP contribution is 2.49. The zero-order chi connectivity index (χ0) is 15.9. The average Bonchev–Trinajstić information content (AvgIpc) is 3.16. The van der Waals surface area contributed by atoms with E-state index in [0.717, 1.165) is 37.6 Å². The van der Waals surface area contributed by atoms with Gasteiger partial charge in [0.2, 0.25) is 0 Å². The van der Waals surface area contributed by atoms with E-state index in [-0.39, 0.29) is 12.0 Å². The summed E-state index contributed by atoms with van der Waals surface area (Å²) in [5, 5.41) is 10.1. The van der Waals surface area contributed by atoms with Gasteiger partial charge in [0.15, 0.2) is 0 Å². The van der Waals surface area contributed by atoms with Crippen LogP contribution < -0.4 is 4.74 Å². The van der Waals surface area contributed by atoms with Crippen LogP contribution in [0.4, 0.5) is 0 Å². The van der Waals surface area contributed by atoms with E-state index in [1.54, 1.807) is 0 Å². The standard InChI is InChI=1S/C18H23N3O2/c1-20-9-7-19-17(20)6-8-21-10-15-14-4-2-3-5-16(14)23-13-18(15,11-21)12-22/h2-5,7,9,15,22H,6,8,10-13H2,1H3/t15-,18-/m1/s1. The summed E-state index contributed by atoms with van der Waals surface area (Å²) in [7, 11) is 2.03. The topological polar surface area (TPSA) is 50.5 Å². The summed E-state index contributed by atoms with van der Waals surface area (Å²) in [5.41, 5.74) is 1.07. The lowest BCUT2D eigenvalue weighted by Gasteiger charge is -2.38. The van der Waals surface area contributed by atoms with Crippen molar-refractivity contribution in [1.29, 1.82) is 0 Å². The van der Waals surface area contributed by atoms with Gasteiger partial charge in [0.1, 0.15) is 11.6 Å². The SMILES string of the molecule is Cn1ccnc1CCN1C[C@@H]2c3ccccc3OC[C@]2(CO)C1. The molecule has 0 amide bonds. The fourth-order valence-electron chi connectivity index (χ4n) is 4.04. The molecule has 1 N–H and O–H groups in total. The third-order valence-electron chi connectivity index (χ3n) is 5.42. The van der Waals surface area contributed by atoms with Crippen molar-refractivity contribution < 1.29 is 9.84 Å². The van der Waals surface area contributed by atoms with Gasteiger partial charge >= 0.3 is 0 Å². The number of rotatable bonds is 4. The maximum atomic E-state index is 10.1. The third kappa shape index (κ3) is 2.44. The Balaban J connectivity index is 1.53. The van der Waals surface area contributed by atoms with Crippen LogP contribution >= 0.6 is 0 Å². The van der Waals surface area contributed by atoms with Gasteiger partial charge in [-0.25, -0.2) is 4.98 Å². The molecule has 0 spiro atoms. The van der Waals surface area contributed by atoms with Crippen LogP contribution in [0.1, 0.15) is 17.3 Å². The van der Waals surface area contributed by atoms with Crippen LogP contribution in [0.5, 0.6) is 5.75 Å². The van der Waals surface area contributed by atoms with Gasteiger partial charge in [0.25, 0.3) is 0 Å². The Kier molecular flexibility index (Phi) is 3.62. The van der Waals surface area contributed by atoms with Crippen molar-refractivity contribution >= 4 is 0 Å². The van der Waals surface area contributed by atoms with E-state index in [9.17, 15) is 5.11 Å². The number of ether oxygens (including phenoxy) is 1. The van der Waals surface area contributed by atoms with Crippen LogP contribution in [0.25, 0.3) is 0 Å². The molecule has 1 saturated heterocycles. The first-order valence-corrected chi connectivity index (χ1v) is 8.23. The van der Waals surface area contributed by atoms with E-state index >= 15 is 0 Å². The van der Waals surface area contributed by atoms with Gasteiger partial charge in [-0.1, -0.05) is 18.2 Å². The molecule has 5 heteroatoms. The van der Waals surface area contributed by atoms with E-state index < -0.39 is 0 Å². The van der Waals surface area contributed by atoms with E-state index in [0.29, 0.717) is 12.5 Å². The number of fused-ring (bicyclic) bond motifs is 3. The quantitative estimate of drug-likeness (QED) is 0.928. The molecule has 0 radical (unpaired) electrons. The van der Waals surface area contributed by atoms with E-state index in [1.165, 1.54) is 5.56 Å². The summed E-state index contributed by atoms with van der Waals surface area (Å²) in [6.07, 6.45) is 4.76. The van der Waals surface area contributed by atoms with Crippen LogP contribution in [0, 0.1) is 5.41 Å². The lowest BCUT2D eigenvalue weighted by molar-refractivity contribution is 0.0462. The van der Waals surface area contributed by atoms with Gasteiger partial charge in [-0.2, -0.15) is 0 Å². The second-order valence-corrected chi connectivity index (χ2v) is 6.84. The van der Waals surface area contributed by atoms with Gasteiger partial charge in [-0.15, -0.1) is 0 Å². The summed E-state index contributed by atoms with van der Waals surface area (Å²) in [6, 6.07) is 8.25. The first-order chi connectivity index (χ1) is 11.2. The zero-order valence-corrected chi connectivity index (χ0v) is 13.5. The number of likely N-dealkylation sites (tertiary alicyclic amines) is 1. The van der Waals surface area contributed by atoms with Gasteiger partial charge < -0.3 is 19.3 Å². The number of aryl methyl sites for hydroxylation is 1. The minimum atomic E-state index is -0.171. The molecule has 2 atom stereocenters. The molecule has 1 aromatic heterocycles. The van der Waals surface area contributed by atoms with Crippen molar-refractivity contribution in [3.05, 3.63) is 48.0 Å². The number of para-hydroxylation sites is 1. The Hall–Kier alpha value is -1.85. The van der Waals surface area contributed by atoms with Gasteiger partial charge in [-0.3, -0.25) is 0 Å². The molecule has 5 nitrogen and oxygen atoms in total. The predicted octanol–water partition coefficient (Wildman–Crippen LogP) is 1.43. The van der Waals surface area contributed by atoms with Crippen molar-refractivity contribution in [3.8, 4) is 5.75 Å². The molecule has 23 heavy (non-hydrogen) atoms. The van der Waals surface area contributed by atoms with Crippen molar-refractivity contribution in [2.75, 3.05) is 32.8 Å². The molecule has 0 aliphatic carbocycles. The van der Waals surface area contributed by atoms with Gasteiger partial charge in [0.05, 0.1) is 13.2 Å². The number of hydrogen-bond donors (Lipinski definition) is 1. The zero-order valence-electron chi connectivity index (χ0n) is 13.5. The monoisotopic (exact) mass is 313 g/mol. The number of nitrogens with zero attached hydrogens (tertiary/aromatic N) is 3. The summed E-state index contributed by atoms with van der Waals surface area (Å²) >= 11 is 0. The molecule has 2 aliphatic heterocycles. The van der Waals surface area contributed by atoms with E-state index in [2.05, 4.69) is 26.6 Å². The highest BCUT2D eigenvalue weighted by molar-refractivity contribution is 5.41. The summed E-state index contributed by atoms with van der Waals surface area (Å²) in [5.74, 6) is 2.43. The molecular formula is C18H23N3O2. The molecule has 1 aromatic carbocycles. The smallest absolute Gasteiger partial charge is 0.122 e. The predicted molar refractivity (Wildman–Crippen MR) is 87.5 cm³/mol. The maximum absolute atomic E-state index is 10.1. The minimum absolute atomic E-state index is 0.171. The number of aromatic nitrogens is 2. The molecule has 2 aliphatic rings. The molecule has 4 rings (SSSR count). The molecule has 2 aromatic rings. The Morgan fingerprint density at radius 2 is 2.26 bits per heavy atom. The normalized spacial score (nSPS) is 26.6. The number of hydrogen-bond acceptors (Lipinski definition) is 4. The van der Waals surface area contributed by atoms with E-state index in [1.807, 2.05) is 31.6 Å². The second-order valence-electron chi connectivity index (χ2n) is 6.84. The highest BCUT2D eigenvalue weighted by atomic mass is 16.5. The first kappa shape index (κ1) is 14.7. The number of aliphatic hydroxyl groups is 1. The summed E-state index contributed by atoms with van der Waals surface area (Å²) in [6.45, 7) is 3.60. The Bertz CT molecular complexity index is 699. The molecular weight excluding hydrogens is 290 g/mol. The fraction of sp³-hybridized carbons (Fsp3) is 0.500. The van der Waals surface area contributed by atoms with E-state index in [4.69, 9.17) is 4.74 Å². The van der Waals surface area contributed by atoms with Crippen molar-refractivity contribution in [1.82, 2.24) is 14.5 Å². The molecule has 122 valence electrons. The Labute approximate surface area is 136 Å². The van der Waals surface area contributed by atoms with Crippen molar-refractivity contribution in [2.24, 2.45) is 12.5 Å². The fourth-order valence-corrected chi connectivity index (χ4v) is 4.04. The lowest BCUT2D eigenvalue weighted by atomic mass is 9.74. The number of benzene rings is 1. The van der Waals surface area contributed by atoms with Gasteiger partial charge in [-0.05, 0) is 11.6 Å². The second kappa shape index (κ2) is 5.65. The highest BCUT2D eigenvalue weighted by Gasteiger charge is 2.50. The number of aliphatic hydroxyl groups excluding tert-OH is 1. The van der Waals surface area contributed by atoms with Crippen molar-refractivity contribution in [3.63, 3.8) is 0 Å². The molecule has 3 heterocycles. The van der Waals surface area contributed by atoms with Crippen molar-refractivity contribution in [2.45, 2.75) is 12.3 Å². The molecule has 1 fully saturated rings. The van der Waals surface area contributed by atoms with Crippen LogP contribution in [0.2, 0.25) is 0 Å². The maximum Gasteiger partial charge on any atom is 0.122 e. The third-order valence-corrected chi connectivity index (χ3v) is 5.42. The van der Waals surface area contributed by atoms with Crippen LogP contribution in [0.15, 0.2) is 36.7 Å². The van der Waals surface area contributed by atoms with Gasteiger partial charge in [0, 0.05) is 56.8 Å².